The highest BCUT2D eigenvalue weighted by molar-refractivity contribution is 5.82. The van der Waals surface area contributed by atoms with Gasteiger partial charge in [0, 0.05) is 31.1 Å². The number of halogens is 3. The molecule has 2 aliphatic carbocycles. The van der Waals surface area contributed by atoms with E-state index in [1.165, 1.54) is 0 Å². The number of nitrogens with zero attached hydrogens (tertiary/aromatic N) is 1. The highest BCUT2D eigenvalue weighted by Gasteiger charge is 2.53. The van der Waals surface area contributed by atoms with Crippen molar-refractivity contribution in [3.8, 4) is 0 Å². The van der Waals surface area contributed by atoms with Crippen LogP contribution in [0.15, 0.2) is 66.2 Å². The molecule has 4 rings (SSSR count). The zero-order valence-electron chi connectivity index (χ0n) is 23.4. The van der Waals surface area contributed by atoms with Crippen molar-refractivity contribution in [2.45, 2.75) is 71.3 Å². The van der Waals surface area contributed by atoms with Crippen LogP contribution in [-0.2, 0) is 20.9 Å². The molecule has 0 spiro atoms. The van der Waals surface area contributed by atoms with Crippen molar-refractivity contribution in [3.63, 3.8) is 0 Å². The summed E-state index contributed by atoms with van der Waals surface area (Å²) < 4.78 is 46.1. The molecule has 0 bridgehead atoms. The molecule has 8 heteroatoms. The number of esters is 1. The summed E-state index contributed by atoms with van der Waals surface area (Å²) in [5, 5.41) is 3.37. The number of hydrogen-bond acceptors (Lipinski definition) is 4. The standard InChI is InChI=1S/C32H39F3N2O3/c1-4-25(15-22-11-7-5-8-12-22)27-18-28(27)37(29(38)32(33,34)35)19-24-16-26(17-24)36-21-31(2,3)30(39)40-20-23-13-9-6-10-14-23/h5-15,24,26-28,36H,4,16-21H2,1-3H3/b25-15+/t24?,26?,27-,28+/m0/s1. The smallest absolute Gasteiger partial charge is 0.460 e. The third-order valence-corrected chi connectivity index (χ3v) is 7.99. The van der Waals surface area contributed by atoms with Crippen LogP contribution in [-0.4, -0.2) is 48.1 Å². The minimum absolute atomic E-state index is 0.0126. The average molecular weight is 557 g/mol. The molecule has 5 nitrogen and oxygen atoms in total. The second-order valence-electron chi connectivity index (χ2n) is 11.7. The molecular weight excluding hydrogens is 517 g/mol. The SMILES string of the molecule is CC/C(=C\c1ccccc1)[C@@H]1C[C@H]1N(CC1CC(NCC(C)(C)C(=O)OCc2ccccc2)C1)C(=O)C(F)(F)F. The van der Waals surface area contributed by atoms with Crippen molar-refractivity contribution < 1.29 is 27.5 Å². The van der Waals surface area contributed by atoms with Crippen LogP contribution in [0.3, 0.4) is 0 Å². The van der Waals surface area contributed by atoms with Crippen LogP contribution in [0.5, 0.6) is 0 Å². The number of rotatable bonds is 12. The van der Waals surface area contributed by atoms with Crippen molar-refractivity contribution >= 4 is 18.0 Å². The Kier molecular flexibility index (Phi) is 9.39. The molecule has 2 aromatic carbocycles. The van der Waals surface area contributed by atoms with Gasteiger partial charge in [0.2, 0.25) is 0 Å². The number of benzene rings is 2. The number of amides is 1. The zero-order valence-corrected chi connectivity index (χ0v) is 23.4. The molecule has 1 N–H and O–H groups in total. The van der Waals surface area contributed by atoms with Crippen LogP contribution in [0.4, 0.5) is 13.2 Å². The summed E-state index contributed by atoms with van der Waals surface area (Å²) >= 11 is 0. The first-order valence-corrected chi connectivity index (χ1v) is 14.1. The van der Waals surface area contributed by atoms with Crippen molar-refractivity contribution in [2.75, 3.05) is 13.1 Å². The lowest BCUT2D eigenvalue weighted by atomic mass is 9.79. The van der Waals surface area contributed by atoms with Crippen LogP contribution in [0.2, 0.25) is 0 Å². The number of hydrogen-bond donors (Lipinski definition) is 1. The van der Waals surface area contributed by atoms with E-state index in [4.69, 9.17) is 4.74 Å². The van der Waals surface area contributed by atoms with Crippen LogP contribution in [0.1, 0.15) is 57.6 Å². The summed E-state index contributed by atoms with van der Waals surface area (Å²) in [5.74, 6) is -2.11. The normalized spacial score (nSPS) is 22.8. The van der Waals surface area contributed by atoms with E-state index in [2.05, 4.69) is 5.32 Å². The van der Waals surface area contributed by atoms with Gasteiger partial charge in [0.25, 0.3) is 0 Å². The van der Waals surface area contributed by atoms with Gasteiger partial charge in [-0.25, -0.2) is 0 Å². The molecule has 0 radical (unpaired) electrons. The first-order chi connectivity index (χ1) is 19.0. The molecule has 1 amide bonds. The summed E-state index contributed by atoms with van der Waals surface area (Å²) in [6.45, 7) is 6.34. The summed E-state index contributed by atoms with van der Waals surface area (Å²) in [4.78, 5) is 26.1. The van der Waals surface area contributed by atoms with Gasteiger partial charge in [0.15, 0.2) is 0 Å². The topological polar surface area (TPSA) is 58.6 Å². The maximum absolute atomic E-state index is 13.5. The van der Waals surface area contributed by atoms with E-state index in [0.29, 0.717) is 25.8 Å². The fraction of sp³-hybridized carbons (Fsp3) is 0.500. The molecule has 2 aromatic rings. The van der Waals surface area contributed by atoms with E-state index in [0.717, 1.165) is 28.0 Å². The first kappa shape index (κ1) is 29.8. The maximum atomic E-state index is 13.5. The molecule has 0 aliphatic heterocycles. The second kappa shape index (κ2) is 12.6. The van der Waals surface area contributed by atoms with Crippen LogP contribution in [0.25, 0.3) is 6.08 Å². The minimum atomic E-state index is -4.89. The Labute approximate surface area is 234 Å². The molecule has 2 aliphatic rings. The largest absolute Gasteiger partial charge is 0.471 e. The predicted molar refractivity (Wildman–Crippen MR) is 149 cm³/mol. The van der Waals surface area contributed by atoms with Gasteiger partial charge >= 0.3 is 18.1 Å². The zero-order chi connectivity index (χ0) is 28.9. The Morgan fingerprint density at radius 2 is 1.62 bits per heavy atom. The molecule has 0 unspecified atom stereocenters. The molecule has 2 fully saturated rings. The molecule has 2 saturated carbocycles. The Bertz CT molecular complexity index is 1170. The van der Waals surface area contributed by atoms with E-state index >= 15 is 0 Å². The number of carbonyl (C=O) groups is 2. The Balaban J connectivity index is 1.28. The van der Waals surface area contributed by atoms with Crippen molar-refractivity contribution in [2.24, 2.45) is 17.3 Å². The number of ether oxygens (including phenoxy) is 1. The van der Waals surface area contributed by atoms with E-state index in [1.54, 1.807) is 0 Å². The Hall–Kier alpha value is -3.13. The second-order valence-corrected chi connectivity index (χ2v) is 11.7. The molecule has 0 heterocycles. The number of alkyl halides is 3. The molecule has 0 aromatic heterocycles. The van der Waals surface area contributed by atoms with Gasteiger partial charge in [-0.15, -0.1) is 0 Å². The molecule has 40 heavy (non-hydrogen) atoms. The van der Waals surface area contributed by atoms with Gasteiger partial charge in [-0.3, -0.25) is 9.59 Å². The van der Waals surface area contributed by atoms with Gasteiger partial charge < -0.3 is 15.0 Å². The fourth-order valence-electron chi connectivity index (χ4n) is 5.41. The van der Waals surface area contributed by atoms with Gasteiger partial charge in [0.05, 0.1) is 5.41 Å². The lowest BCUT2D eigenvalue weighted by Crippen LogP contribution is -2.52. The summed E-state index contributed by atoms with van der Waals surface area (Å²) in [6.07, 6.45) is -0.251. The predicted octanol–water partition coefficient (Wildman–Crippen LogP) is 6.40. The summed E-state index contributed by atoms with van der Waals surface area (Å²) in [5.41, 5.74) is 2.25. The van der Waals surface area contributed by atoms with Crippen LogP contribution in [0, 0.1) is 17.3 Å². The molecular formula is C32H39F3N2O3. The number of carbonyl (C=O) groups excluding carboxylic acids is 2. The summed E-state index contributed by atoms with van der Waals surface area (Å²) in [7, 11) is 0. The number of nitrogens with one attached hydrogen (secondary N) is 1. The fourth-order valence-corrected chi connectivity index (χ4v) is 5.41. The van der Waals surface area contributed by atoms with Gasteiger partial charge in [-0.2, -0.15) is 13.2 Å². The average Bonchev–Trinajstić information content (AvgIpc) is 3.70. The van der Waals surface area contributed by atoms with Gasteiger partial charge in [-0.1, -0.05) is 79.2 Å². The monoisotopic (exact) mass is 556 g/mol. The molecule has 2 atom stereocenters. The molecule has 216 valence electrons. The Morgan fingerprint density at radius 1 is 1.00 bits per heavy atom. The lowest BCUT2D eigenvalue weighted by Gasteiger charge is -2.40. The third kappa shape index (κ3) is 7.74. The van der Waals surface area contributed by atoms with E-state index < -0.39 is 23.5 Å². The van der Waals surface area contributed by atoms with Gasteiger partial charge in [0.1, 0.15) is 6.61 Å². The van der Waals surface area contributed by atoms with Crippen LogP contribution >= 0.6 is 0 Å². The summed E-state index contributed by atoms with van der Waals surface area (Å²) in [6, 6.07) is 18.9. The van der Waals surface area contributed by atoms with E-state index in [-0.39, 0.29) is 37.0 Å². The lowest BCUT2D eigenvalue weighted by molar-refractivity contribution is -0.187. The van der Waals surface area contributed by atoms with Crippen molar-refractivity contribution in [1.29, 1.82) is 0 Å². The quantitative estimate of drug-likeness (QED) is 0.308. The van der Waals surface area contributed by atoms with Crippen LogP contribution < -0.4 is 5.32 Å². The maximum Gasteiger partial charge on any atom is 0.471 e. The minimum Gasteiger partial charge on any atom is -0.460 e. The van der Waals surface area contributed by atoms with Crippen molar-refractivity contribution in [1.82, 2.24) is 10.2 Å². The highest BCUT2D eigenvalue weighted by Crippen LogP contribution is 2.46. The third-order valence-electron chi connectivity index (χ3n) is 7.99. The molecule has 0 saturated heterocycles. The van der Waals surface area contributed by atoms with Gasteiger partial charge in [-0.05, 0) is 56.6 Å². The van der Waals surface area contributed by atoms with E-state index in [9.17, 15) is 22.8 Å². The highest BCUT2D eigenvalue weighted by atomic mass is 19.4. The first-order valence-electron chi connectivity index (χ1n) is 14.1. The van der Waals surface area contributed by atoms with E-state index in [1.807, 2.05) is 87.5 Å². The van der Waals surface area contributed by atoms with Crippen molar-refractivity contribution in [3.05, 3.63) is 77.4 Å². The Morgan fingerprint density at radius 3 is 2.23 bits per heavy atom.